The topological polar surface area (TPSA) is 72.9 Å². The van der Waals surface area contributed by atoms with E-state index in [9.17, 15) is 4.79 Å². The minimum atomic E-state index is -0.0760. The van der Waals surface area contributed by atoms with Crippen molar-refractivity contribution in [1.82, 2.24) is 15.2 Å². The zero-order valence-electron chi connectivity index (χ0n) is 19.6. The lowest BCUT2D eigenvalue weighted by molar-refractivity contribution is -0.0361. The summed E-state index contributed by atoms with van der Waals surface area (Å²) in [6.45, 7) is 6.89. The smallest absolute Gasteiger partial charge is 0.251 e. The lowest BCUT2D eigenvalue weighted by atomic mass is 9.79. The van der Waals surface area contributed by atoms with Crippen molar-refractivity contribution in [1.29, 1.82) is 0 Å². The number of nitrogens with one attached hydrogen (secondary N) is 1. The molecule has 1 amide bonds. The highest BCUT2D eigenvalue weighted by Gasteiger charge is 2.38. The normalized spacial score (nSPS) is 18.5. The molecule has 0 radical (unpaired) electrons. The lowest BCUT2D eigenvalue weighted by Crippen LogP contribution is -2.59. The fraction of sp³-hybridized carbons (Fsp3) is 0.538. The Kier molecular flexibility index (Phi) is 8.18. The van der Waals surface area contributed by atoms with Crippen LogP contribution in [0.15, 0.2) is 42.7 Å². The third-order valence-electron chi connectivity index (χ3n) is 6.67. The molecule has 2 aliphatic rings. The lowest BCUT2D eigenvalue weighted by Gasteiger charge is -2.48. The Morgan fingerprint density at radius 1 is 1.12 bits per heavy atom. The number of hydrogen-bond acceptors (Lipinski definition) is 6. The molecule has 1 aliphatic heterocycles. The van der Waals surface area contributed by atoms with Gasteiger partial charge in [0.2, 0.25) is 0 Å². The number of rotatable bonds is 9. The predicted molar refractivity (Wildman–Crippen MR) is 127 cm³/mol. The van der Waals surface area contributed by atoms with E-state index in [2.05, 4.69) is 15.2 Å². The van der Waals surface area contributed by atoms with E-state index in [-0.39, 0.29) is 11.4 Å². The third kappa shape index (κ3) is 6.03. The van der Waals surface area contributed by atoms with Crippen molar-refractivity contribution in [3.8, 4) is 11.5 Å². The largest absolute Gasteiger partial charge is 0.490 e. The van der Waals surface area contributed by atoms with Gasteiger partial charge < -0.3 is 19.5 Å². The van der Waals surface area contributed by atoms with Gasteiger partial charge in [-0.05, 0) is 44.0 Å². The summed E-state index contributed by atoms with van der Waals surface area (Å²) in [4.78, 5) is 19.8. The molecule has 1 aliphatic carbocycles. The Morgan fingerprint density at radius 2 is 1.94 bits per heavy atom. The van der Waals surface area contributed by atoms with Crippen molar-refractivity contribution in [3.05, 3.63) is 53.9 Å². The van der Waals surface area contributed by atoms with Crippen molar-refractivity contribution in [3.63, 3.8) is 0 Å². The highest BCUT2D eigenvalue weighted by molar-refractivity contribution is 5.95. The van der Waals surface area contributed by atoms with Gasteiger partial charge in [0, 0.05) is 48.7 Å². The van der Waals surface area contributed by atoms with Gasteiger partial charge in [0.05, 0.1) is 19.8 Å². The van der Waals surface area contributed by atoms with Gasteiger partial charge in [0.15, 0.2) is 11.5 Å². The van der Waals surface area contributed by atoms with E-state index < -0.39 is 0 Å². The molecule has 1 N–H and O–H groups in total. The van der Waals surface area contributed by atoms with Crippen molar-refractivity contribution >= 4 is 5.91 Å². The first-order chi connectivity index (χ1) is 16.2. The van der Waals surface area contributed by atoms with Crippen LogP contribution in [0.1, 0.15) is 54.9 Å². The summed E-state index contributed by atoms with van der Waals surface area (Å²) in [7, 11) is 0. The minimum Gasteiger partial charge on any atom is -0.490 e. The Labute approximate surface area is 196 Å². The van der Waals surface area contributed by atoms with E-state index in [4.69, 9.17) is 14.2 Å². The van der Waals surface area contributed by atoms with Crippen molar-refractivity contribution in [2.75, 3.05) is 39.5 Å². The molecule has 2 aromatic rings. The molecular weight excluding hydrogens is 418 g/mol. The van der Waals surface area contributed by atoms with Crippen molar-refractivity contribution < 1.29 is 19.0 Å². The third-order valence-corrected chi connectivity index (χ3v) is 6.67. The van der Waals surface area contributed by atoms with Crippen LogP contribution in [0.25, 0.3) is 0 Å². The van der Waals surface area contributed by atoms with Gasteiger partial charge in [-0.1, -0.05) is 25.3 Å². The number of amides is 1. The molecule has 2 fully saturated rings. The monoisotopic (exact) mass is 453 g/mol. The summed E-state index contributed by atoms with van der Waals surface area (Å²) in [6.07, 6.45) is 9.46. The molecule has 0 bridgehead atoms. The van der Waals surface area contributed by atoms with Crippen LogP contribution in [0.2, 0.25) is 0 Å². The van der Waals surface area contributed by atoms with Crippen LogP contribution in [-0.4, -0.2) is 60.8 Å². The van der Waals surface area contributed by atoms with Crippen LogP contribution in [0.4, 0.5) is 0 Å². The van der Waals surface area contributed by atoms with Gasteiger partial charge in [-0.25, -0.2) is 0 Å². The van der Waals surface area contributed by atoms with E-state index in [0.29, 0.717) is 36.8 Å². The first-order valence-corrected chi connectivity index (χ1v) is 12.1. The Balaban J connectivity index is 1.42. The SMILES string of the molecule is CCOc1cc(C(=O)NCC2(N3CCOCC3)CCCCC2)ccc1OCc1cccnc1. The summed E-state index contributed by atoms with van der Waals surface area (Å²) in [5, 5.41) is 3.23. The van der Waals surface area contributed by atoms with E-state index >= 15 is 0 Å². The zero-order valence-corrected chi connectivity index (χ0v) is 19.6. The molecule has 7 nitrogen and oxygen atoms in total. The summed E-state index contributed by atoms with van der Waals surface area (Å²) in [5.74, 6) is 1.12. The number of morpholine rings is 1. The molecule has 0 spiro atoms. The van der Waals surface area contributed by atoms with Crippen LogP contribution >= 0.6 is 0 Å². The van der Waals surface area contributed by atoms with E-state index in [1.807, 2.05) is 25.1 Å². The average molecular weight is 454 g/mol. The predicted octanol–water partition coefficient (Wildman–Crippen LogP) is 3.82. The number of pyridine rings is 1. The van der Waals surface area contributed by atoms with Crippen LogP contribution in [-0.2, 0) is 11.3 Å². The molecule has 178 valence electrons. The summed E-state index contributed by atoms with van der Waals surface area (Å²) in [5.41, 5.74) is 1.59. The van der Waals surface area contributed by atoms with Gasteiger partial charge in [-0.2, -0.15) is 0 Å². The molecule has 1 saturated carbocycles. The molecule has 4 rings (SSSR count). The minimum absolute atomic E-state index is 0.0349. The number of carbonyl (C=O) groups is 1. The number of carbonyl (C=O) groups excluding carboxylic acids is 1. The maximum Gasteiger partial charge on any atom is 0.251 e. The molecule has 33 heavy (non-hydrogen) atoms. The van der Waals surface area contributed by atoms with Gasteiger partial charge >= 0.3 is 0 Å². The Bertz CT molecular complexity index is 894. The second-order valence-electron chi connectivity index (χ2n) is 8.81. The number of nitrogens with zero attached hydrogens (tertiary/aromatic N) is 2. The first-order valence-electron chi connectivity index (χ1n) is 12.1. The number of hydrogen-bond donors (Lipinski definition) is 1. The highest BCUT2D eigenvalue weighted by Crippen LogP contribution is 2.34. The average Bonchev–Trinajstić information content (AvgIpc) is 2.88. The van der Waals surface area contributed by atoms with Gasteiger partial charge in [0.1, 0.15) is 6.61 Å². The maximum absolute atomic E-state index is 13.1. The number of aromatic nitrogens is 1. The molecule has 0 unspecified atom stereocenters. The van der Waals surface area contributed by atoms with Gasteiger partial charge in [-0.15, -0.1) is 0 Å². The zero-order chi connectivity index (χ0) is 22.9. The molecule has 1 aromatic heterocycles. The summed E-state index contributed by atoms with van der Waals surface area (Å²) in [6, 6.07) is 9.24. The Morgan fingerprint density at radius 3 is 2.67 bits per heavy atom. The van der Waals surface area contributed by atoms with E-state index in [1.54, 1.807) is 24.5 Å². The van der Waals surface area contributed by atoms with Crippen LogP contribution < -0.4 is 14.8 Å². The van der Waals surface area contributed by atoms with E-state index in [1.165, 1.54) is 19.3 Å². The van der Waals surface area contributed by atoms with Gasteiger partial charge in [-0.3, -0.25) is 14.7 Å². The number of benzene rings is 1. The Hall–Kier alpha value is -2.64. The summed E-state index contributed by atoms with van der Waals surface area (Å²) < 4.78 is 17.3. The van der Waals surface area contributed by atoms with Crippen LogP contribution in [0.3, 0.4) is 0 Å². The first kappa shape index (κ1) is 23.5. The second kappa shape index (κ2) is 11.5. The van der Waals surface area contributed by atoms with Crippen molar-refractivity contribution in [2.24, 2.45) is 0 Å². The quantitative estimate of drug-likeness (QED) is 0.622. The molecule has 1 aromatic carbocycles. The standard InChI is InChI=1S/C26H35N3O4/c1-2-32-24-17-22(8-9-23(24)33-19-21-7-6-12-27-18-21)25(30)28-20-26(10-4-3-5-11-26)29-13-15-31-16-14-29/h6-9,12,17-18H,2-5,10-11,13-16,19-20H2,1H3,(H,28,30). The fourth-order valence-corrected chi connectivity index (χ4v) is 4.88. The molecular formula is C26H35N3O4. The molecule has 1 saturated heterocycles. The molecule has 2 heterocycles. The maximum atomic E-state index is 13.1. The highest BCUT2D eigenvalue weighted by atomic mass is 16.5. The summed E-state index contributed by atoms with van der Waals surface area (Å²) >= 11 is 0. The van der Waals surface area contributed by atoms with Gasteiger partial charge in [0.25, 0.3) is 5.91 Å². The van der Waals surface area contributed by atoms with Crippen molar-refractivity contribution in [2.45, 2.75) is 51.2 Å². The molecule has 7 heteroatoms. The number of ether oxygens (including phenoxy) is 3. The molecule has 0 atom stereocenters. The van der Waals surface area contributed by atoms with Crippen LogP contribution in [0, 0.1) is 0 Å². The van der Waals surface area contributed by atoms with E-state index in [0.717, 1.165) is 44.7 Å². The fourth-order valence-electron chi connectivity index (χ4n) is 4.88. The van der Waals surface area contributed by atoms with Crippen LogP contribution in [0.5, 0.6) is 11.5 Å². The second-order valence-corrected chi connectivity index (χ2v) is 8.81.